The molecule has 0 bridgehead atoms. The second-order valence-electron chi connectivity index (χ2n) is 4.74. The third-order valence-corrected chi connectivity index (χ3v) is 2.66. The molecule has 1 amide bonds. The lowest BCUT2D eigenvalue weighted by atomic mass is 10.1. The molecule has 0 saturated heterocycles. The van der Waals surface area contributed by atoms with Crippen molar-refractivity contribution in [2.45, 2.75) is 40.2 Å². The lowest BCUT2D eigenvalue weighted by Crippen LogP contribution is -2.31. The van der Waals surface area contributed by atoms with Gasteiger partial charge >= 0.3 is 0 Å². The Bertz CT molecular complexity index is 221. The number of amides is 1. The number of hydrogen-bond donors (Lipinski definition) is 1. The average molecular weight is 275 g/mol. The molecule has 0 spiro atoms. The summed E-state index contributed by atoms with van der Waals surface area (Å²) >= 11 is 0. The van der Waals surface area contributed by atoms with Crippen LogP contribution in [-0.2, 0) is 19.0 Å². The van der Waals surface area contributed by atoms with E-state index in [4.69, 9.17) is 14.2 Å². The Kier molecular flexibility index (Phi) is 12.0. The summed E-state index contributed by atoms with van der Waals surface area (Å²) in [6, 6.07) is 0. The predicted octanol–water partition coefficient (Wildman–Crippen LogP) is 1.61. The van der Waals surface area contributed by atoms with Gasteiger partial charge in [-0.05, 0) is 20.3 Å². The highest BCUT2D eigenvalue weighted by molar-refractivity contribution is 5.78. The van der Waals surface area contributed by atoms with Gasteiger partial charge in [-0.2, -0.15) is 0 Å². The number of carbonyl (C=O) groups excluding carboxylic acids is 1. The topological polar surface area (TPSA) is 56.8 Å². The van der Waals surface area contributed by atoms with Crippen LogP contribution in [0.15, 0.2) is 0 Å². The first-order valence-electron chi connectivity index (χ1n) is 7.12. The summed E-state index contributed by atoms with van der Waals surface area (Å²) in [6.45, 7) is 11.3. The van der Waals surface area contributed by atoms with Gasteiger partial charge in [0, 0.05) is 12.5 Å². The van der Waals surface area contributed by atoms with E-state index in [1.54, 1.807) is 0 Å². The first-order chi connectivity index (χ1) is 9.07. The van der Waals surface area contributed by atoms with E-state index >= 15 is 0 Å². The van der Waals surface area contributed by atoms with Gasteiger partial charge in [0.15, 0.2) is 0 Å². The van der Waals surface area contributed by atoms with E-state index in [1.165, 1.54) is 0 Å². The van der Waals surface area contributed by atoms with Gasteiger partial charge in [0.05, 0.1) is 39.1 Å². The minimum absolute atomic E-state index is 0.0734. The Morgan fingerprint density at radius 2 is 1.58 bits per heavy atom. The Morgan fingerprint density at radius 1 is 1.00 bits per heavy atom. The van der Waals surface area contributed by atoms with Crippen molar-refractivity contribution < 1.29 is 19.0 Å². The van der Waals surface area contributed by atoms with Crippen molar-refractivity contribution >= 4 is 5.91 Å². The summed E-state index contributed by atoms with van der Waals surface area (Å²) in [5.41, 5.74) is 0. The number of carbonyl (C=O) groups is 1. The molecule has 0 heterocycles. The van der Waals surface area contributed by atoms with E-state index < -0.39 is 0 Å². The van der Waals surface area contributed by atoms with Crippen LogP contribution in [0.2, 0.25) is 0 Å². The van der Waals surface area contributed by atoms with Crippen molar-refractivity contribution in [3.63, 3.8) is 0 Å². The third kappa shape index (κ3) is 12.1. The molecule has 0 aliphatic rings. The monoisotopic (exact) mass is 275 g/mol. The molecular formula is C14H29NO4. The molecule has 0 radical (unpaired) electrons. The van der Waals surface area contributed by atoms with Gasteiger partial charge in [-0.1, -0.05) is 13.8 Å². The van der Waals surface area contributed by atoms with Crippen LogP contribution in [0.25, 0.3) is 0 Å². The molecule has 0 saturated carbocycles. The van der Waals surface area contributed by atoms with Crippen molar-refractivity contribution in [3.05, 3.63) is 0 Å². The first kappa shape index (κ1) is 18.4. The number of ether oxygens (including phenoxy) is 3. The Labute approximate surface area is 117 Å². The smallest absolute Gasteiger partial charge is 0.222 e. The lowest BCUT2D eigenvalue weighted by Gasteiger charge is -2.10. The second-order valence-corrected chi connectivity index (χ2v) is 4.74. The maximum absolute atomic E-state index is 11.4. The van der Waals surface area contributed by atoms with Gasteiger partial charge < -0.3 is 19.5 Å². The maximum Gasteiger partial charge on any atom is 0.222 e. The van der Waals surface area contributed by atoms with Gasteiger partial charge in [-0.25, -0.2) is 0 Å². The zero-order chi connectivity index (χ0) is 14.5. The van der Waals surface area contributed by atoms with Crippen LogP contribution in [0.5, 0.6) is 0 Å². The molecule has 0 aromatic heterocycles. The highest BCUT2D eigenvalue weighted by atomic mass is 16.5. The molecule has 1 unspecified atom stereocenters. The molecule has 19 heavy (non-hydrogen) atoms. The number of hydrogen-bond acceptors (Lipinski definition) is 4. The van der Waals surface area contributed by atoms with Crippen LogP contribution in [0.1, 0.15) is 34.1 Å². The van der Waals surface area contributed by atoms with Crippen LogP contribution in [0.3, 0.4) is 0 Å². The maximum atomic E-state index is 11.4. The van der Waals surface area contributed by atoms with Crippen LogP contribution in [0.4, 0.5) is 0 Å². The van der Waals surface area contributed by atoms with E-state index in [-0.39, 0.29) is 17.9 Å². The lowest BCUT2D eigenvalue weighted by molar-refractivity contribution is -0.124. The van der Waals surface area contributed by atoms with E-state index in [2.05, 4.69) is 5.32 Å². The molecular weight excluding hydrogens is 246 g/mol. The standard InChI is InChI=1S/C14H29NO4/c1-5-13(4)14(16)15-6-7-17-8-9-18-10-11-19-12(2)3/h12-13H,5-11H2,1-4H3,(H,15,16). The molecule has 0 aliphatic heterocycles. The second kappa shape index (κ2) is 12.4. The quantitative estimate of drug-likeness (QED) is 0.550. The van der Waals surface area contributed by atoms with Gasteiger partial charge in [0.1, 0.15) is 0 Å². The highest BCUT2D eigenvalue weighted by Gasteiger charge is 2.08. The van der Waals surface area contributed by atoms with Gasteiger partial charge in [0.25, 0.3) is 0 Å². The summed E-state index contributed by atoms with van der Waals surface area (Å²) in [5.74, 6) is 0.164. The molecule has 0 aliphatic carbocycles. The van der Waals surface area contributed by atoms with E-state index in [0.717, 1.165) is 6.42 Å². The summed E-state index contributed by atoms with van der Waals surface area (Å²) in [6.07, 6.45) is 1.10. The van der Waals surface area contributed by atoms with Crippen LogP contribution in [-0.4, -0.2) is 51.6 Å². The normalized spacial score (nSPS) is 12.7. The summed E-state index contributed by atoms with van der Waals surface area (Å²) in [4.78, 5) is 11.4. The van der Waals surface area contributed by atoms with Gasteiger partial charge in [-0.15, -0.1) is 0 Å². The molecule has 1 atom stereocenters. The Morgan fingerprint density at radius 3 is 2.16 bits per heavy atom. The molecule has 0 aromatic carbocycles. The first-order valence-corrected chi connectivity index (χ1v) is 7.12. The zero-order valence-corrected chi connectivity index (χ0v) is 12.7. The zero-order valence-electron chi connectivity index (χ0n) is 12.7. The summed E-state index contributed by atoms with van der Waals surface area (Å²) < 4.78 is 16.0. The fourth-order valence-corrected chi connectivity index (χ4v) is 1.27. The average Bonchev–Trinajstić information content (AvgIpc) is 2.39. The minimum Gasteiger partial charge on any atom is -0.377 e. The number of nitrogens with one attached hydrogen (secondary N) is 1. The van der Waals surface area contributed by atoms with Gasteiger partial charge in [-0.3, -0.25) is 4.79 Å². The van der Waals surface area contributed by atoms with E-state index in [9.17, 15) is 4.79 Å². The fraction of sp³-hybridized carbons (Fsp3) is 0.929. The van der Waals surface area contributed by atoms with Crippen LogP contribution in [0, 0.1) is 5.92 Å². The molecule has 0 aromatic rings. The van der Waals surface area contributed by atoms with E-state index in [1.807, 2.05) is 27.7 Å². The van der Waals surface area contributed by atoms with Crippen molar-refractivity contribution in [1.82, 2.24) is 5.32 Å². The molecule has 5 heteroatoms. The largest absolute Gasteiger partial charge is 0.377 e. The van der Waals surface area contributed by atoms with Crippen molar-refractivity contribution in [3.8, 4) is 0 Å². The van der Waals surface area contributed by atoms with Crippen LogP contribution < -0.4 is 5.32 Å². The predicted molar refractivity (Wildman–Crippen MR) is 75.2 cm³/mol. The highest BCUT2D eigenvalue weighted by Crippen LogP contribution is 1.98. The molecule has 0 fully saturated rings. The van der Waals surface area contributed by atoms with Crippen molar-refractivity contribution in [1.29, 1.82) is 0 Å². The Balaban J connectivity index is 3.17. The minimum atomic E-state index is 0.0734. The molecule has 0 rings (SSSR count). The van der Waals surface area contributed by atoms with Crippen molar-refractivity contribution in [2.24, 2.45) is 5.92 Å². The van der Waals surface area contributed by atoms with Gasteiger partial charge in [0.2, 0.25) is 5.91 Å². The summed E-state index contributed by atoms with van der Waals surface area (Å²) in [7, 11) is 0. The Hall–Kier alpha value is -0.650. The molecule has 5 nitrogen and oxygen atoms in total. The molecule has 1 N–H and O–H groups in total. The van der Waals surface area contributed by atoms with E-state index in [0.29, 0.717) is 39.6 Å². The van der Waals surface area contributed by atoms with Crippen LogP contribution >= 0.6 is 0 Å². The fourth-order valence-electron chi connectivity index (χ4n) is 1.27. The summed E-state index contributed by atoms with van der Waals surface area (Å²) in [5, 5.41) is 2.83. The number of rotatable bonds is 12. The van der Waals surface area contributed by atoms with Crippen molar-refractivity contribution in [2.75, 3.05) is 39.6 Å². The molecule has 114 valence electrons. The SMILES string of the molecule is CCC(C)C(=O)NCCOCCOCCOC(C)C. The third-order valence-electron chi connectivity index (χ3n) is 2.66.